The Morgan fingerprint density at radius 2 is 2.50 bits per heavy atom. The van der Waals surface area contributed by atoms with Crippen LogP contribution in [0.4, 0.5) is 0 Å². The van der Waals surface area contributed by atoms with E-state index in [9.17, 15) is 0 Å². The maximum atomic E-state index is 4.39. The minimum Gasteiger partial charge on any atom is -0.313 e. The molecule has 1 aliphatic heterocycles. The summed E-state index contributed by atoms with van der Waals surface area (Å²) in [5.41, 5.74) is 0. The third-order valence-electron chi connectivity index (χ3n) is 3.39. The predicted octanol–water partition coefficient (Wildman–Crippen LogP) is 2.28. The lowest BCUT2D eigenvalue weighted by molar-refractivity contribution is 0.214. The Bertz CT molecular complexity index is 293. The fourth-order valence-corrected chi connectivity index (χ4v) is 2.97. The predicted molar refractivity (Wildman–Crippen MR) is 68.8 cm³/mol. The van der Waals surface area contributed by atoms with Crippen molar-refractivity contribution in [1.82, 2.24) is 15.2 Å². The van der Waals surface area contributed by atoms with Crippen molar-refractivity contribution in [1.29, 1.82) is 0 Å². The summed E-state index contributed by atoms with van der Waals surface area (Å²) in [4.78, 5) is 6.79. The summed E-state index contributed by atoms with van der Waals surface area (Å²) >= 11 is 1.75. The standard InChI is InChI=1S/C12H21N3S/c1-10(12-14-7-8-16-12)15(2)9-11-5-3-4-6-13-11/h7-8,10-11,13H,3-6,9H2,1-2H3/t10-,11-/m1/s1. The molecule has 2 atom stereocenters. The van der Waals surface area contributed by atoms with E-state index in [2.05, 4.69) is 34.6 Å². The van der Waals surface area contributed by atoms with Gasteiger partial charge in [-0.2, -0.15) is 0 Å². The lowest BCUT2D eigenvalue weighted by Gasteiger charge is -2.30. The van der Waals surface area contributed by atoms with Crippen molar-refractivity contribution in [2.24, 2.45) is 0 Å². The minimum absolute atomic E-state index is 0.434. The number of nitrogens with zero attached hydrogens (tertiary/aromatic N) is 2. The van der Waals surface area contributed by atoms with Crippen LogP contribution in [0.2, 0.25) is 0 Å². The Kier molecular flexibility index (Phi) is 4.32. The number of nitrogens with one attached hydrogen (secondary N) is 1. The second-order valence-electron chi connectivity index (χ2n) is 4.63. The number of thiazole rings is 1. The van der Waals surface area contributed by atoms with Gasteiger partial charge in [0, 0.05) is 24.2 Å². The highest BCUT2D eigenvalue weighted by molar-refractivity contribution is 7.09. The molecule has 0 spiro atoms. The molecule has 16 heavy (non-hydrogen) atoms. The van der Waals surface area contributed by atoms with Crippen LogP contribution in [0.25, 0.3) is 0 Å². The van der Waals surface area contributed by atoms with Crippen LogP contribution in [0.1, 0.15) is 37.2 Å². The van der Waals surface area contributed by atoms with Crippen molar-refractivity contribution in [2.45, 2.75) is 38.3 Å². The van der Waals surface area contributed by atoms with Crippen LogP contribution in [0.3, 0.4) is 0 Å². The summed E-state index contributed by atoms with van der Waals surface area (Å²) in [7, 11) is 2.20. The van der Waals surface area contributed by atoms with Crippen LogP contribution in [-0.2, 0) is 0 Å². The Hall–Kier alpha value is -0.450. The van der Waals surface area contributed by atoms with Gasteiger partial charge in [0.1, 0.15) is 5.01 Å². The molecule has 2 heterocycles. The molecule has 3 nitrogen and oxygen atoms in total. The third kappa shape index (κ3) is 3.03. The van der Waals surface area contributed by atoms with E-state index < -0.39 is 0 Å². The molecule has 0 radical (unpaired) electrons. The van der Waals surface area contributed by atoms with Crippen LogP contribution >= 0.6 is 11.3 Å². The van der Waals surface area contributed by atoms with Gasteiger partial charge in [0.2, 0.25) is 0 Å². The van der Waals surface area contributed by atoms with Gasteiger partial charge < -0.3 is 5.32 Å². The molecule has 1 N–H and O–H groups in total. The van der Waals surface area contributed by atoms with Gasteiger partial charge in [0.25, 0.3) is 0 Å². The first-order valence-electron chi connectivity index (χ1n) is 6.10. The van der Waals surface area contributed by atoms with E-state index in [-0.39, 0.29) is 0 Å². The minimum atomic E-state index is 0.434. The van der Waals surface area contributed by atoms with Gasteiger partial charge in [-0.3, -0.25) is 4.90 Å². The monoisotopic (exact) mass is 239 g/mol. The average molecular weight is 239 g/mol. The number of piperidine rings is 1. The second kappa shape index (κ2) is 5.75. The lowest BCUT2D eigenvalue weighted by atomic mass is 10.0. The van der Waals surface area contributed by atoms with Gasteiger partial charge in [-0.05, 0) is 33.4 Å². The summed E-state index contributed by atoms with van der Waals surface area (Å²) in [6.45, 7) is 4.55. The van der Waals surface area contributed by atoms with Crippen molar-refractivity contribution >= 4 is 11.3 Å². The van der Waals surface area contributed by atoms with E-state index in [4.69, 9.17) is 0 Å². The normalized spacial score (nSPS) is 23.6. The van der Waals surface area contributed by atoms with Crippen molar-refractivity contribution in [3.8, 4) is 0 Å². The van der Waals surface area contributed by atoms with Crippen LogP contribution in [0.15, 0.2) is 11.6 Å². The maximum Gasteiger partial charge on any atom is 0.109 e. The molecular formula is C12H21N3S. The van der Waals surface area contributed by atoms with E-state index >= 15 is 0 Å². The fourth-order valence-electron chi connectivity index (χ4n) is 2.21. The Balaban J connectivity index is 1.84. The van der Waals surface area contributed by atoms with Crippen LogP contribution in [0.5, 0.6) is 0 Å². The highest BCUT2D eigenvalue weighted by atomic mass is 32.1. The summed E-state index contributed by atoms with van der Waals surface area (Å²) in [5, 5.41) is 6.87. The van der Waals surface area contributed by atoms with Crippen molar-refractivity contribution in [3.63, 3.8) is 0 Å². The second-order valence-corrected chi connectivity index (χ2v) is 5.56. The van der Waals surface area contributed by atoms with Gasteiger partial charge in [-0.1, -0.05) is 6.42 Å². The quantitative estimate of drug-likeness (QED) is 0.873. The number of hydrogen-bond acceptors (Lipinski definition) is 4. The van der Waals surface area contributed by atoms with Crippen molar-refractivity contribution in [2.75, 3.05) is 20.1 Å². The molecule has 4 heteroatoms. The molecule has 90 valence electrons. The Morgan fingerprint density at radius 3 is 3.12 bits per heavy atom. The highest BCUT2D eigenvalue weighted by Crippen LogP contribution is 2.21. The SMILES string of the molecule is C[C@H](c1nccs1)N(C)C[C@H]1CCCCN1. The molecule has 1 aliphatic rings. The molecule has 1 saturated heterocycles. The molecule has 0 aromatic carbocycles. The summed E-state index contributed by atoms with van der Waals surface area (Å²) < 4.78 is 0. The molecule has 1 fully saturated rings. The number of hydrogen-bond donors (Lipinski definition) is 1. The Labute approximate surface area is 102 Å². The zero-order chi connectivity index (χ0) is 11.4. The number of rotatable bonds is 4. The molecule has 0 amide bonds. The molecule has 0 unspecified atom stereocenters. The number of aromatic nitrogens is 1. The van der Waals surface area contributed by atoms with Crippen LogP contribution in [0, 0.1) is 0 Å². The van der Waals surface area contributed by atoms with Crippen LogP contribution in [-0.4, -0.2) is 36.1 Å². The zero-order valence-corrected chi connectivity index (χ0v) is 11.0. The lowest BCUT2D eigenvalue weighted by Crippen LogP contribution is -2.43. The molecule has 2 rings (SSSR count). The van der Waals surface area contributed by atoms with Gasteiger partial charge in [0.05, 0.1) is 6.04 Å². The molecule has 1 aromatic rings. The van der Waals surface area contributed by atoms with Gasteiger partial charge in [0.15, 0.2) is 0 Å². The average Bonchev–Trinajstić information content (AvgIpc) is 2.83. The number of likely N-dealkylation sites (N-methyl/N-ethyl adjacent to an activating group) is 1. The van der Waals surface area contributed by atoms with Crippen molar-refractivity contribution < 1.29 is 0 Å². The van der Waals surface area contributed by atoms with E-state index in [1.807, 2.05) is 6.20 Å². The largest absolute Gasteiger partial charge is 0.313 e. The Morgan fingerprint density at radius 1 is 1.62 bits per heavy atom. The first-order valence-corrected chi connectivity index (χ1v) is 6.98. The molecular weight excluding hydrogens is 218 g/mol. The van der Waals surface area contributed by atoms with Crippen molar-refractivity contribution in [3.05, 3.63) is 16.6 Å². The summed E-state index contributed by atoms with van der Waals surface area (Å²) in [6.07, 6.45) is 5.91. The van der Waals surface area contributed by atoms with Gasteiger partial charge >= 0.3 is 0 Å². The van der Waals surface area contributed by atoms with E-state index in [1.54, 1.807) is 11.3 Å². The molecule has 0 aliphatic carbocycles. The zero-order valence-electron chi connectivity index (χ0n) is 10.1. The van der Waals surface area contributed by atoms with Gasteiger partial charge in [-0.25, -0.2) is 4.98 Å². The summed E-state index contributed by atoms with van der Waals surface area (Å²) in [6, 6.07) is 1.10. The third-order valence-corrected chi connectivity index (χ3v) is 4.34. The maximum absolute atomic E-state index is 4.39. The molecule has 0 bridgehead atoms. The van der Waals surface area contributed by atoms with E-state index in [1.165, 1.54) is 30.8 Å². The van der Waals surface area contributed by atoms with Crippen LogP contribution < -0.4 is 5.32 Å². The summed E-state index contributed by atoms with van der Waals surface area (Å²) in [5.74, 6) is 0. The van der Waals surface area contributed by atoms with Gasteiger partial charge in [-0.15, -0.1) is 11.3 Å². The van der Waals surface area contributed by atoms with E-state index in [0.717, 1.165) is 6.54 Å². The fraction of sp³-hybridized carbons (Fsp3) is 0.750. The molecule has 0 saturated carbocycles. The highest BCUT2D eigenvalue weighted by Gasteiger charge is 2.19. The van der Waals surface area contributed by atoms with E-state index in [0.29, 0.717) is 12.1 Å². The molecule has 1 aromatic heterocycles. The first-order chi connectivity index (χ1) is 7.77. The smallest absolute Gasteiger partial charge is 0.109 e. The topological polar surface area (TPSA) is 28.2 Å². The first kappa shape index (κ1) is 12.0.